The third-order valence-electron chi connectivity index (χ3n) is 4.80. The van der Waals surface area contributed by atoms with Gasteiger partial charge in [0.15, 0.2) is 12.2 Å². The van der Waals surface area contributed by atoms with Gasteiger partial charge >= 0.3 is 6.18 Å². The predicted octanol–water partition coefficient (Wildman–Crippen LogP) is 2.78. The van der Waals surface area contributed by atoms with Crippen molar-refractivity contribution in [2.45, 2.75) is 43.6 Å². The maximum absolute atomic E-state index is 13.0. The van der Waals surface area contributed by atoms with Gasteiger partial charge in [0.25, 0.3) is 0 Å². The Bertz CT molecular complexity index is 1030. The average molecular weight is 437 g/mol. The first-order chi connectivity index (χ1) is 14.7. The molecule has 2 N–H and O–H groups in total. The molecule has 8 nitrogen and oxygen atoms in total. The molecule has 0 amide bonds. The molecule has 1 fully saturated rings. The first kappa shape index (κ1) is 21.2. The van der Waals surface area contributed by atoms with E-state index in [1.165, 1.54) is 13.0 Å². The molecule has 11 heteroatoms. The normalized spacial score (nSPS) is 26.6. The van der Waals surface area contributed by atoms with Gasteiger partial charge in [-0.25, -0.2) is 4.98 Å². The molecule has 1 aromatic carbocycles. The third kappa shape index (κ3) is 4.38. The maximum atomic E-state index is 13.0. The van der Waals surface area contributed by atoms with Crippen molar-refractivity contribution < 1.29 is 37.3 Å². The molecular formula is C20H18F3N3O5. The van der Waals surface area contributed by atoms with Crippen molar-refractivity contribution in [2.75, 3.05) is 0 Å². The summed E-state index contributed by atoms with van der Waals surface area (Å²) in [6.07, 6.45) is -10.9. The Kier molecular flexibility index (Phi) is 5.65. The molecule has 4 rings (SSSR count). The molecule has 164 valence electrons. The van der Waals surface area contributed by atoms with Crippen molar-refractivity contribution in [3.63, 3.8) is 0 Å². The molecule has 0 aliphatic carbocycles. The minimum absolute atomic E-state index is 0.0615. The molecule has 0 unspecified atom stereocenters. The molecule has 31 heavy (non-hydrogen) atoms. The summed E-state index contributed by atoms with van der Waals surface area (Å²) in [6.45, 7) is 1.52. The molecule has 2 aromatic heterocycles. The molecule has 0 spiro atoms. The molecule has 3 heterocycles. The number of pyridine rings is 1. The fourth-order valence-corrected chi connectivity index (χ4v) is 3.20. The highest BCUT2D eigenvalue weighted by molar-refractivity contribution is 5.51. The van der Waals surface area contributed by atoms with Crippen LogP contribution in [-0.2, 0) is 10.9 Å². The first-order valence-corrected chi connectivity index (χ1v) is 9.35. The quantitative estimate of drug-likeness (QED) is 0.641. The summed E-state index contributed by atoms with van der Waals surface area (Å²) >= 11 is 0. The van der Waals surface area contributed by atoms with E-state index in [1.807, 2.05) is 6.07 Å². The SMILES string of the molecule is C[C@H]1O[C@H](c2nnc(-c3ccccc3)o2)[C@H](Oc2cccc(C(F)(F)F)n2)[C@@H](O)[C@H]1O. The van der Waals surface area contributed by atoms with Crippen LogP contribution in [0.15, 0.2) is 52.9 Å². The topological polar surface area (TPSA) is 111 Å². The number of rotatable bonds is 4. The average Bonchev–Trinajstić information content (AvgIpc) is 3.24. The van der Waals surface area contributed by atoms with Gasteiger partial charge in [-0.1, -0.05) is 24.3 Å². The van der Waals surface area contributed by atoms with Gasteiger partial charge in [0, 0.05) is 11.6 Å². The smallest absolute Gasteiger partial charge is 0.433 e. The van der Waals surface area contributed by atoms with E-state index in [4.69, 9.17) is 13.9 Å². The second-order valence-corrected chi connectivity index (χ2v) is 7.00. The van der Waals surface area contributed by atoms with Gasteiger partial charge in [-0.2, -0.15) is 13.2 Å². The van der Waals surface area contributed by atoms with Crippen LogP contribution in [0.4, 0.5) is 13.2 Å². The van der Waals surface area contributed by atoms with Gasteiger partial charge in [0.05, 0.1) is 6.10 Å². The van der Waals surface area contributed by atoms with Crippen molar-refractivity contribution in [3.05, 3.63) is 60.1 Å². The lowest BCUT2D eigenvalue weighted by molar-refractivity contribution is -0.218. The van der Waals surface area contributed by atoms with Crippen molar-refractivity contribution >= 4 is 0 Å². The Morgan fingerprint density at radius 3 is 2.42 bits per heavy atom. The molecule has 3 aromatic rings. The molecule has 1 aliphatic heterocycles. The van der Waals surface area contributed by atoms with Crippen LogP contribution in [0.3, 0.4) is 0 Å². The maximum Gasteiger partial charge on any atom is 0.433 e. The summed E-state index contributed by atoms with van der Waals surface area (Å²) in [5, 5.41) is 28.7. The highest BCUT2D eigenvalue weighted by atomic mass is 19.4. The largest absolute Gasteiger partial charge is 0.468 e. The second-order valence-electron chi connectivity index (χ2n) is 7.00. The number of alkyl halides is 3. The summed E-state index contributed by atoms with van der Waals surface area (Å²) in [7, 11) is 0. The van der Waals surface area contributed by atoms with E-state index < -0.39 is 48.3 Å². The molecule has 1 aliphatic rings. The fraction of sp³-hybridized carbons (Fsp3) is 0.350. The summed E-state index contributed by atoms with van der Waals surface area (Å²) in [4.78, 5) is 3.44. The Morgan fingerprint density at radius 1 is 0.968 bits per heavy atom. The van der Waals surface area contributed by atoms with Gasteiger partial charge in [-0.15, -0.1) is 10.2 Å². The zero-order valence-electron chi connectivity index (χ0n) is 16.1. The number of nitrogens with zero attached hydrogens (tertiary/aromatic N) is 3. The fourth-order valence-electron chi connectivity index (χ4n) is 3.20. The van der Waals surface area contributed by atoms with E-state index in [-0.39, 0.29) is 11.8 Å². The number of aromatic nitrogens is 3. The number of halogens is 3. The van der Waals surface area contributed by atoms with Crippen LogP contribution in [0.25, 0.3) is 11.5 Å². The number of aliphatic hydroxyl groups is 2. The molecule has 5 atom stereocenters. The number of hydrogen-bond donors (Lipinski definition) is 2. The third-order valence-corrected chi connectivity index (χ3v) is 4.80. The minimum Gasteiger partial charge on any atom is -0.468 e. The van der Waals surface area contributed by atoms with Crippen molar-refractivity contribution in [1.82, 2.24) is 15.2 Å². The standard InChI is InChI=1S/C20H18F3N3O5/c1-10-14(27)15(28)16(30-13-9-5-8-12(24-13)20(21,22)23)17(29-10)19-26-25-18(31-19)11-6-3-2-4-7-11/h2-10,14-17,27-28H,1H3/t10-,14+,15+,16-,17+/m1/s1. The van der Waals surface area contributed by atoms with Gasteiger partial charge in [0.1, 0.15) is 17.9 Å². The Balaban J connectivity index is 1.65. The van der Waals surface area contributed by atoms with Crippen LogP contribution >= 0.6 is 0 Å². The molecule has 1 saturated heterocycles. The van der Waals surface area contributed by atoms with Gasteiger partial charge in [-0.3, -0.25) is 0 Å². The molecular weight excluding hydrogens is 419 g/mol. The van der Waals surface area contributed by atoms with Crippen LogP contribution < -0.4 is 4.74 Å². The van der Waals surface area contributed by atoms with E-state index in [0.29, 0.717) is 5.56 Å². The van der Waals surface area contributed by atoms with Crippen LogP contribution in [0.1, 0.15) is 24.6 Å². The predicted molar refractivity (Wildman–Crippen MR) is 98.7 cm³/mol. The van der Waals surface area contributed by atoms with E-state index in [2.05, 4.69) is 15.2 Å². The molecule has 0 radical (unpaired) electrons. The number of ether oxygens (including phenoxy) is 2. The molecule has 0 bridgehead atoms. The van der Waals surface area contributed by atoms with Crippen molar-refractivity contribution in [2.24, 2.45) is 0 Å². The van der Waals surface area contributed by atoms with Crippen LogP contribution in [0.5, 0.6) is 5.88 Å². The van der Waals surface area contributed by atoms with Crippen molar-refractivity contribution in [1.29, 1.82) is 0 Å². The van der Waals surface area contributed by atoms with Crippen molar-refractivity contribution in [3.8, 4) is 17.3 Å². The Hall–Kier alpha value is -3.02. The zero-order valence-corrected chi connectivity index (χ0v) is 16.1. The second kappa shape index (κ2) is 8.25. The van der Waals surface area contributed by atoms with E-state index in [1.54, 1.807) is 24.3 Å². The van der Waals surface area contributed by atoms with Crippen LogP contribution in [-0.4, -0.2) is 49.8 Å². The number of hydrogen-bond acceptors (Lipinski definition) is 8. The van der Waals surface area contributed by atoms with Crippen LogP contribution in [0.2, 0.25) is 0 Å². The van der Waals surface area contributed by atoms with E-state index in [9.17, 15) is 23.4 Å². The van der Waals surface area contributed by atoms with Gasteiger partial charge in [-0.05, 0) is 25.1 Å². The van der Waals surface area contributed by atoms with Crippen LogP contribution in [0, 0.1) is 0 Å². The van der Waals surface area contributed by atoms with E-state index in [0.717, 1.165) is 12.1 Å². The summed E-state index contributed by atoms with van der Waals surface area (Å²) in [5.41, 5.74) is -0.520. The lowest BCUT2D eigenvalue weighted by atomic mass is 9.95. The summed E-state index contributed by atoms with van der Waals surface area (Å²) in [6, 6.07) is 12.0. The summed E-state index contributed by atoms with van der Waals surface area (Å²) in [5.74, 6) is -0.283. The molecule has 0 saturated carbocycles. The lowest BCUT2D eigenvalue weighted by Crippen LogP contribution is -2.55. The highest BCUT2D eigenvalue weighted by Gasteiger charge is 2.47. The summed E-state index contributed by atoms with van der Waals surface area (Å²) < 4.78 is 55.8. The minimum atomic E-state index is -4.68. The highest BCUT2D eigenvalue weighted by Crippen LogP contribution is 2.36. The Labute approximate surface area is 174 Å². The van der Waals surface area contributed by atoms with E-state index >= 15 is 0 Å². The number of aliphatic hydroxyl groups excluding tert-OH is 2. The monoisotopic (exact) mass is 437 g/mol. The number of benzene rings is 1. The van der Waals surface area contributed by atoms with Gasteiger partial charge < -0.3 is 24.1 Å². The first-order valence-electron chi connectivity index (χ1n) is 9.35. The van der Waals surface area contributed by atoms with Gasteiger partial charge in [0.2, 0.25) is 17.7 Å². The Morgan fingerprint density at radius 2 is 1.71 bits per heavy atom. The zero-order chi connectivity index (χ0) is 22.2. The lowest BCUT2D eigenvalue weighted by Gasteiger charge is -2.39.